The van der Waals surface area contributed by atoms with Crippen LogP contribution in [0.25, 0.3) is 16.2 Å². The van der Waals surface area contributed by atoms with Crippen molar-refractivity contribution in [1.29, 1.82) is 0 Å². The van der Waals surface area contributed by atoms with E-state index in [0.29, 0.717) is 0 Å². The number of piperidine rings is 1. The predicted molar refractivity (Wildman–Crippen MR) is 111 cm³/mol. The van der Waals surface area contributed by atoms with E-state index in [9.17, 15) is 5.11 Å². The Morgan fingerprint density at radius 2 is 1.69 bits per heavy atom. The Labute approximate surface area is 159 Å². The zero-order chi connectivity index (χ0) is 17.9. The van der Waals surface area contributed by atoms with E-state index in [1.54, 1.807) is 11.3 Å². The van der Waals surface area contributed by atoms with Crippen molar-refractivity contribution in [2.24, 2.45) is 0 Å². The van der Waals surface area contributed by atoms with Gasteiger partial charge in [-0.3, -0.25) is 4.90 Å². The van der Waals surface area contributed by atoms with Crippen LogP contribution in [0.1, 0.15) is 37.0 Å². The first kappa shape index (κ1) is 17.5. The number of rotatable bonds is 4. The maximum absolute atomic E-state index is 11.0. The minimum atomic E-state index is -0.439. The Bertz CT molecular complexity index is 889. The molecule has 1 aromatic heterocycles. The first-order valence-corrected chi connectivity index (χ1v) is 10.2. The molecule has 0 aliphatic carbocycles. The Balaban J connectivity index is 1.43. The zero-order valence-corrected chi connectivity index (χ0v) is 16.0. The minimum absolute atomic E-state index is 0.131. The molecule has 2 aromatic carbocycles. The van der Waals surface area contributed by atoms with Crippen LogP contribution in [-0.2, 0) is 0 Å². The van der Waals surface area contributed by atoms with Crippen LogP contribution in [0.4, 0.5) is 0 Å². The fourth-order valence-electron chi connectivity index (χ4n) is 3.83. The summed E-state index contributed by atoms with van der Waals surface area (Å²) in [5.41, 5.74) is 3.87. The summed E-state index contributed by atoms with van der Waals surface area (Å²) in [7, 11) is 0. The second-order valence-electron chi connectivity index (χ2n) is 7.12. The average Bonchev–Trinajstić information content (AvgIpc) is 3.12. The second-order valence-corrected chi connectivity index (χ2v) is 8.03. The van der Waals surface area contributed by atoms with Gasteiger partial charge in [0.05, 0.1) is 6.10 Å². The summed E-state index contributed by atoms with van der Waals surface area (Å²) >= 11 is 1.72. The Kier molecular flexibility index (Phi) is 5.21. The molecule has 1 fully saturated rings. The normalized spacial score (nSPS) is 18.0. The topological polar surface area (TPSA) is 23.5 Å². The van der Waals surface area contributed by atoms with Crippen molar-refractivity contribution in [3.8, 4) is 0 Å². The molecule has 2 atom stereocenters. The molecule has 0 saturated carbocycles. The van der Waals surface area contributed by atoms with Crippen molar-refractivity contribution in [3.05, 3.63) is 76.7 Å². The van der Waals surface area contributed by atoms with Crippen LogP contribution in [0.5, 0.6) is 0 Å². The van der Waals surface area contributed by atoms with Gasteiger partial charge in [-0.25, -0.2) is 0 Å². The highest BCUT2D eigenvalue weighted by atomic mass is 32.1. The molecule has 1 aliphatic rings. The highest BCUT2D eigenvalue weighted by Crippen LogP contribution is 2.34. The molecule has 0 bridgehead atoms. The molecule has 1 aliphatic heterocycles. The van der Waals surface area contributed by atoms with E-state index in [0.717, 1.165) is 31.5 Å². The van der Waals surface area contributed by atoms with Crippen molar-refractivity contribution >= 4 is 27.5 Å². The molecule has 0 radical (unpaired) electrons. The highest BCUT2D eigenvalue weighted by molar-refractivity contribution is 7.17. The quantitative estimate of drug-likeness (QED) is 0.661. The molecule has 26 heavy (non-hydrogen) atoms. The van der Waals surface area contributed by atoms with Crippen molar-refractivity contribution in [1.82, 2.24) is 4.90 Å². The molecule has 4 rings (SSSR count). The van der Waals surface area contributed by atoms with Gasteiger partial charge >= 0.3 is 0 Å². The first-order chi connectivity index (χ1) is 12.7. The molecule has 3 aromatic rings. The Morgan fingerprint density at radius 1 is 1.00 bits per heavy atom. The van der Waals surface area contributed by atoms with E-state index in [2.05, 4.69) is 77.9 Å². The molecule has 1 saturated heterocycles. The number of hydrogen-bond donors (Lipinski definition) is 1. The molecule has 1 N–H and O–H groups in total. The predicted octanol–water partition coefficient (Wildman–Crippen LogP) is 5.50. The molecule has 0 spiro atoms. The van der Waals surface area contributed by atoms with E-state index in [4.69, 9.17) is 0 Å². The second kappa shape index (κ2) is 7.75. The van der Waals surface area contributed by atoms with Crippen molar-refractivity contribution in [2.75, 3.05) is 13.1 Å². The maximum atomic E-state index is 11.0. The molecular weight excluding hydrogens is 338 g/mol. The summed E-state index contributed by atoms with van der Waals surface area (Å²) < 4.78 is 1.25. The van der Waals surface area contributed by atoms with Crippen LogP contribution in [0.2, 0.25) is 0 Å². The fraction of sp³-hybridized carbons (Fsp3) is 0.304. The van der Waals surface area contributed by atoms with Crippen LogP contribution in [-0.4, -0.2) is 29.1 Å². The summed E-state index contributed by atoms with van der Waals surface area (Å²) in [5, 5.41) is 14.3. The van der Waals surface area contributed by atoms with Gasteiger partial charge in [0.25, 0.3) is 0 Å². The number of aliphatic hydroxyl groups is 1. The molecule has 2 heterocycles. The van der Waals surface area contributed by atoms with E-state index in [1.165, 1.54) is 21.2 Å². The smallest absolute Gasteiger partial charge is 0.0956 e. The summed E-state index contributed by atoms with van der Waals surface area (Å²) in [6.45, 7) is 4.18. The molecule has 0 amide bonds. The van der Waals surface area contributed by atoms with Crippen molar-refractivity contribution in [2.45, 2.75) is 31.9 Å². The summed E-state index contributed by atoms with van der Waals surface area (Å²) in [5.74, 6) is 0. The van der Waals surface area contributed by atoms with E-state index in [1.807, 2.05) is 0 Å². The first-order valence-electron chi connectivity index (χ1n) is 9.35. The lowest BCUT2D eigenvalue weighted by atomic mass is 9.96. The average molecular weight is 364 g/mol. The summed E-state index contributed by atoms with van der Waals surface area (Å²) in [6.07, 6.45) is 4.04. The molecular formula is C23H25NOS. The number of hydrogen-bond acceptors (Lipinski definition) is 3. The Hall–Kier alpha value is -1.94. The van der Waals surface area contributed by atoms with Gasteiger partial charge in [-0.1, -0.05) is 60.2 Å². The number of fused-ring (bicyclic) bond motifs is 1. The number of benzene rings is 2. The lowest BCUT2D eigenvalue weighted by molar-refractivity contribution is 0.0546. The standard InChI is InChI=1S/C23H25NOS/c1-17(23(25)21-16-26-22-10-6-5-9-20(21)22)24-13-11-19(12-14-24)15-18-7-3-2-4-8-18/h2-10,15-17,23,25H,11-14H2,1H3. The van der Waals surface area contributed by atoms with Crippen LogP contribution in [0.3, 0.4) is 0 Å². The number of likely N-dealkylation sites (tertiary alicyclic amines) is 1. The van der Waals surface area contributed by atoms with E-state index < -0.39 is 6.10 Å². The van der Waals surface area contributed by atoms with Gasteiger partial charge in [0.1, 0.15) is 0 Å². The van der Waals surface area contributed by atoms with Crippen molar-refractivity contribution in [3.63, 3.8) is 0 Å². The molecule has 3 heteroatoms. The van der Waals surface area contributed by atoms with Crippen LogP contribution >= 0.6 is 11.3 Å². The van der Waals surface area contributed by atoms with Crippen molar-refractivity contribution < 1.29 is 5.11 Å². The van der Waals surface area contributed by atoms with E-state index >= 15 is 0 Å². The van der Waals surface area contributed by atoms with Gasteiger partial charge < -0.3 is 5.11 Å². The molecule has 2 unspecified atom stereocenters. The van der Waals surface area contributed by atoms with Crippen LogP contribution in [0, 0.1) is 0 Å². The largest absolute Gasteiger partial charge is 0.387 e. The Morgan fingerprint density at radius 3 is 2.46 bits per heavy atom. The molecule has 134 valence electrons. The molecule has 2 nitrogen and oxygen atoms in total. The summed E-state index contributed by atoms with van der Waals surface area (Å²) in [6, 6.07) is 19.0. The van der Waals surface area contributed by atoms with Crippen LogP contribution < -0.4 is 0 Å². The third kappa shape index (κ3) is 3.61. The van der Waals surface area contributed by atoms with Crippen LogP contribution in [0.15, 0.2) is 65.6 Å². The lowest BCUT2D eigenvalue weighted by Gasteiger charge is -2.36. The van der Waals surface area contributed by atoms with Gasteiger partial charge in [-0.2, -0.15) is 0 Å². The number of thiophene rings is 1. The maximum Gasteiger partial charge on any atom is 0.0956 e. The third-order valence-electron chi connectivity index (χ3n) is 5.47. The zero-order valence-electron chi connectivity index (χ0n) is 15.1. The minimum Gasteiger partial charge on any atom is -0.387 e. The van der Waals surface area contributed by atoms with Gasteiger partial charge in [0.15, 0.2) is 0 Å². The van der Waals surface area contributed by atoms with Gasteiger partial charge in [-0.15, -0.1) is 11.3 Å². The monoisotopic (exact) mass is 363 g/mol. The SMILES string of the molecule is CC(C(O)c1csc2ccccc12)N1CCC(=Cc2ccccc2)CC1. The van der Waals surface area contributed by atoms with E-state index in [-0.39, 0.29) is 6.04 Å². The lowest BCUT2D eigenvalue weighted by Crippen LogP contribution is -2.41. The summed E-state index contributed by atoms with van der Waals surface area (Å²) in [4.78, 5) is 2.43. The fourth-order valence-corrected chi connectivity index (χ4v) is 4.83. The number of aliphatic hydroxyl groups excluding tert-OH is 1. The number of nitrogens with zero attached hydrogens (tertiary/aromatic N) is 1. The van der Waals surface area contributed by atoms with Gasteiger partial charge in [0, 0.05) is 29.4 Å². The van der Waals surface area contributed by atoms with Gasteiger partial charge in [0.2, 0.25) is 0 Å². The highest BCUT2D eigenvalue weighted by Gasteiger charge is 2.27. The van der Waals surface area contributed by atoms with Gasteiger partial charge in [-0.05, 0) is 42.2 Å². The third-order valence-corrected chi connectivity index (χ3v) is 6.45.